The van der Waals surface area contributed by atoms with Gasteiger partial charge in [-0.2, -0.15) is 4.31 Å². The first-order chi connectivity index (χ1) is 14.1. The Morgan fingerprint density at radius 2 is 1.83 bits per heavy atom. The van der Waals surface area contributed by atoms with Gasteiger partial charge in [0, 0.05) is 44.5 Å². The molecule has 9 heteroatoms. The molecule has 2 fully saturated rings. The minimum atomic E-state index is -3.43. The SMILES string of the molecule is O=S(=O)(c1ccc(N2CCCC(c3nnc4ccccn34)C2)nc1)N1CCCC1. The van der Waals surface area contributed by atoms with Gasteiger partial charge in [0.15, 0.2) is 5.65 Å². The van der Waals surface area contributed by atoms with Gasteiger partial charge < -0.3 is 4.90 Å². The van der Waals surface area contributed by atoms with E-state index in [0.29, 0.717) is 13.1 Å². The molecule has 1 atom stereocenters. The van der Waals surface area contributed by atoms with E-state index in [1.54, 1.807) is 10.4 Å². The van der Waals surface area contributed by atoms with E-state index in [0.717, 1.165) is 56.1 Å². The van der Waals surface area contributed by atoms with Crippen LogP contribution in [0.5, 0.6) is 0 Å². The monoisotopic (exact) mass is 412 g/mol. The molecule has 29 heavy (non-hydrogen) atoms. The molecule has 0 aromatic carbocycles. The minimum Gasteiger partial charge on any atom is -0.356 e. The molecule has 1 unspecified atom stereocenters. The van der Waals surface area contributed by atoms with Crippen LogP contribution in [0.4, 0.5) is 5.82 Å². The van der Waals surface area contributed by atoms with Gasteiger partial charge in [-0.25, -0.2) is 13.4 Å². The van der Waals surface area contributed by atoms with E-state index < -0.39 is 10.0 Å². The van der Waals surface area contributed by atoms with Crippen molar-refractivity contribution in [3.8, 4) is 0 Å². The Morgan fingerprint density at radius 3 is 2.62 bits per heavy atom. The summed E-state index contributed by atoms with van der Waals surface area (Å²) in [4.78, 5) is 6.99. The Labute approximate surface area is 170 Å². The van der Waals surface area contributed by atoms with Crippen molar-refractivity contribution in [2.24, 2.45) is 0 Å². The predicted molar refractivity (Wildman–Crippen MR) is 109 cm³/mol. The summed E-state index contributed by atoms with van der Waals surface area (Å²) in [5, 5.41) is 8.69. The number of pyridine rings is 2. The number of anilines is 1. The Balaban J connectivity index is 1.36. The summed E-state index contributed by atoms with van der Waals surface area (Å²) in [6, 6.07) is 9.42. The van der Waals surface area contributed by atoms with E-state index >= 15 is 0 Å². The van der Waals surface area contributed by atoms with Gasteiger partial charge in [0.1, 0.15) is 16.5 Å². The number of aromatic nitrogens is 4. The van der Waals surface area contributed by atoms with Gasteiger partial charge in [-0.15, -0.1) is 10.2 Å². The van der Waals surface area contributed by atoms with Crippen molar-refractivity contribution >= 4 is 21.5 Å². The molecule has 0 amide bonds. The van der Waals surface area contributed by atoms with Crippen LogP contribution in [-0.2, 0) is 10.0 Å². The van der Waals surface area contributed by atoms with E-state index in [1.165, 1.54) is 6.20 Å². The molecule has 5 heterocycles. The van der Waals surface area contributed by atoms with Crippen molar-refractivity contribution in [1.82, 2.24) is 23.9 Å². The summed E-state index contributed by atoms with van der Waals surface area (Å²) in [7, 11) is -3.43. The molecule has 2 aliphatic rings. The minimum absolute atomic E-state index is 0.260. The highest BCUT2D eigenvalue weighted by atomic mass is 32.2. The lowest BCUT2D eigenvalue weighted by Gasteiger charge is -2.32. The topological polar surface area (TPSA) is 83.7 Å². The van der Waals surface area contributed by atoms with Crippen molar-refractivity contribution in [3.05, 3.63) is 48.5 Å². The fourth-order valence-corrected chi connectivity index (χ4v) is 5.79. The van der Waals surface area contributed by atoms with Crippen LogP contribution >= 0.6 is 0 Å². The lowest BCUT2D eigenvalue weighted by molar-refractivity contribution is 0.476. The summed E-state index contributed by atoms with van der Waals surface area (Å²) >= 11 is 0. The standard InChI is InChI=1S/C20H24N6O2S/c27-29(28,25-11-3-4-12-25)17-8-9-18(21-14-17)24-10-5-6-16(15-24)20-23-22-19-7-1-2-13-26(19)20/h1-2,7-9,13-14,16H,3-6,10-12,15H2. The quantitative estimate of drug-likeness (QED) is 0.654. The molecule has 0 radical (unpaired) electrons. The van der Waals surface area contributed by atoms with Gasteiger partial charge in [-0.3, -0.25) is 4.40 Å². The summed E-state index contributed by atoms with van der Waals surface area (Å²) in [5.74, 6) is 2.04. The number of nitrogens with zero attached hydrogens (tertiary/aromatic N) is 6. The van der Waals surface area contributed by atoms with Gasteiger partial charge in [-0.05, 0) is 49.9 Å². The molecule has 0 spiro atoms. The maximum absolute atomic E-state index is 12.7. The van der Waals surface area contributed by atoms with Crippen LogP contribution in [0, 0.1) is 0 Å². The second-order valence-electron chi connectivity index (χ2n) is 7.74. The van der Waals surface area contributed by atoms with Crippen molar-refractivity contribution in [2.45, 2.75) is 36.5 Å². The average Bonchev–Trinajstić information content (AvgIpc) is 3.44. The third-order valence-electron chi connectivity index (χ3n) is 5.87. The fraction of sp³-hybridized carbons (Fsp3) is 0.450. The molecule has 0 bridgehead atoms. The van der Waals surface area contributed by atoms with Crippen LogP contribution in [0.15, 0.2) is 47.6 Å². The highest BCUT2D eigenvalue weighted by Crippen LogP contribution is 2.29. The molecule has 3 aromatic rings. The predicted octanol–water partition coefficient (Wildman–Crippen LogP) is 2.29. The lowest BCUT2D eigenvalue weighted by Crippen LogP contribution is -2.35. The van der Waals surface area contributed by atoms with Crippen LogP contribution < -0.4 is 4.90 Å². The summed E-state index contributed by atoms with van der Waals surface area (Å²) in [5.41, 5.74) is 0.856. The zero-order chi connectivity index (χ0) is 19.8. The van der Waals surface area contributed by atoms with Gasteiger partial charge >= 0.3 is 0 Å². The lowest BCUT2D eigenvalue weighted by atomic mass is 9.97. The van der Waals surface area contributed by atoms with Gasteiger partial charge in [0.05, 0.1) is 0 Å². The first-order valence-corrected chi connectivity index (χ1v) is 11.6. The van der Waals surface area contributed by atoms with Crippen LogP contribution in [0.1, 0.15) is 37.4 Å². The van der Waals surface area contributed by atoms with Crippen LogP contribution in [0.25, 0.3) is 5.65 Å². The molecule has 152 valence electrons. The van der Waals surface area contributed by atoms with E-state index in [1.807, 2.05) is 34.9 Å². The van der Waals surface area contributed by atoms with Crippen LogP contribution in [0.3, 0.4) is 0 Å². The van der Waals surface area contributed by atoms with Crippen molar-refractivity contribution in [2.75, 3.05) is 31.1 Å². The van der Waals surface area contributed by atoms with E-state index in [4.69, 9.17) is 0 Å². The molecule has 8 nitrogen and oxygen atoms in total. The second kappa shape index (κ2) is 7.38. The number of hydrogen-bond donors (Lipinski definition) is 0. The average molecular weight is 413 g/mol. The summed E-state index contributed by atoms with van der Waals surface area (Å²) < 4.78 is 29.0. The zero-order valence-corrected chi connectivity index (χ0v) is 17.0. The third kappa shape index (κ3) is 3.38. The van der Waals surface area contributed by atoms with Gasteiger partial charge in [0.25, 0.3) is 0 Å². The Kier molecular flexibility index (Phi) is 4.71. The molecule has 2 saturated heterocycles. The van der Waals surface area contributed by atoms with Crippen molar-refractivity contribution in [3.63, 3.8) is 0 Å². The molecule has 5 rings (SSSR count). The second-order valence-corrected chi connectivity index (χ2v) is 9.67. The molecule has 3 aromatic heterocycles. The maximum Gasteiger partial charge on any atom is 0.244 e. The highest BCUT2D eigenvalue weighted by Gasteiger charge is 2.29. The fourth-order valence-electron chi connectivity index (χ4n) is 4.32. The molecule has 2 aliphatic heterocycles. The van der Waals surface area contributed by atoms with Gasteiger partial charge in [-0.1, -0.05) is 6.07 Å². The Hall–Kier alpha value is -2.52. The van der Waals surface area contributed by atoms with Crippen LogP contribution in [0.2, 0.25) is 0 Å². The first kappa shape index (κ1) is 18.5. The van der Waals surface area contributed by atoms with E-state index in [-0.39, 0.29) is 10.8 Å². The van der Waals surface area contributed by atoms with E-state index in [9.17, 15) is 8.42 Å². The number of sulfonamides is 1. The largest absolute Gasteiger partial charge is 0.356 e. The number of hydrogen-bond acceptors (Lipinski definition) is 6. The van der Waals surface area contributed by atoms with Gasteiger partial charge in [0.2, 0.25) is 10.0 Å². The Bertz CT molecular complexity index is 1110. The number of fused-ring (bicyclic) bond motifs is 1. The number of piperidine rings is 1. The highest BCUT2D eigenvalue weighted by molar-refractivity contribution is 7.89. The van der Waals surface area contributed by atoms with Crippen molar-refractivity contribution < 1.29 is 8.42 Å². The first-order valence-electron chi connectivity index (χ1n) is 10.1. The molecular weight excluding hydrogens is 388 g/mol. The van der Waals surface area contributed by atoms with E-state index in [2.05, 4.69) is 20.1 Å². The molecular formula is C20H24N6O2S. The van der Waals surface area contributed by atoms with Crippen molar-refractivity contribution in [1.29, 1.82) is 0 Å². The van der Waals surface area contributed by atoms with Crippen LogP contribution in [-0.4, -0.2) is 58.5 Å². The third-order valence-corrected chi connectivity index (χ3v) is 7.76. The smallest absolute Gasteiger partial charge is 0.244 e. The molecule has 0 saturated carbocycles. The number of rotatable bonds is 4. The zero-order valence-electron chi connectivity index (χ0n) is 16.2. The summed E-state index contributed by atoms with van der Waals surface area (Å²) in [6.45, 7) is 2.90. The summed E-state index contributed by atoms with van der Waals surface area (Å²) in [6.07, 6.45) is 7.43. The normalized spacial score (nSPS) is 21.1. The molecule has 0 aliphatic carbocycles. The molecule has 0 N–H and O–H groups in total. The maximum atomic E-state index is 12.7. The Morgan fingerprint density at radius 1 is 0.966 bits per heavy atom.